The molecule has 1 aromatic rings. The van der Waals surface area contributed by atoms with Crippen LogP contribution in [0.4, 0.5) is 0 Å². The van der Waals surface area contributed by atoms with E-state index < -0.39 is 6.10 Å². The molecule has 0 heterocycles. The Balaban J connectivity index is 1.63. The highest BCUT2D eigenvalue weighted by Crippen LogP contribution is 2.53. The van der Waals surface area contributed by atoms with E-state index in [-0.39, 0.29) is 23.2 Å². The molecule has 3 rings (SSSR count). The zero-order chi connectivity index (χ0) is 22.3. The van der Waals surface area contributed by atoms with Crippen LogP contribution in [0.2, 0.25) is 0 Å². The maximum absolute atomic E-state index is 12.6. The minimum atomic E-state index is -0.411. The van der Waals surface area contributed by atoms with E-state index in [0.717, 1.165) is 56.9 Å². The molecule has 0 amide bonds. The lowest BCUT2D eigenvalue weighted by atomic mass is 9.61. The van der Waals surface area contributed by atoms with Crippen molar-refractivity contribution in [3.8, 4) is 0 Å². The molecule has 2 fully saturated rings. The van der Waals surface area contributed by atoms with Crippen molar-refractivity contribution in [1.29, 1.82) is 0 Å². The number of Topliss-reactive ketones (excluding diaryl/α,β-unsaturated/α-hetero) is 1. The van der Waals surface area contributed by atoms with Gasteiger partial charge < -0.3 is 9.84 Å². The van der Waals surface area contributed by atoms with Gasteiger partial charge in [0.05, 0.1) is 13.2 Å². The standard InChI is InChI=1S/C27H38O4/c1-3-16-27(17-9-18-27)26(30)21-11-8-10-20(19-21)22-14-15-24(28)23(22)12-6-4-5-7-13-25(29)31-2/h4,6,8,10-11,19,22-23,26,30H,3,5,7,9,12-18H2,1-2H3/b6-4-/t22-,23-,26?/m1/s1. The number of benzene rings is 1. The van der Waals surface area contributed by atoms with Crippen LogP contribution < -0.4 is 0 Å². The maximum Gasteiger partial charge on any atom is 0.305 e. The molecule has 0 bridgehead atoms. The van der Waals surface area contributed by atoms with E-state index in [9.17, 15) is 14.7 Å². The summed E-state index contributed by atoms with van der Waals surface area (Å²) >= 11 is 0. The lowest BCUT2D eigenvalue weighted by molar-refractivity contribution is -0.140. The number of aliphatic hydroxyl groups excluding tert-OH is 1. The van der Waals surface area contributed by atoms with Gasteiger partial charge in [-0.05, 0) is 62.0 Å². The molecule has 170 valence electrons. The van der Waals surface area contributed by atoms with Crippen molar-refractivity contribution in [1.82, 2.24) is 0 Å². The molecule has 2 aliphatic carbocycles. The molecular formula is C27H38O4. The lowest BCUT2D eigenvalue weighted by Crippen LogP contribution is -2.36. The highest BCUT2D eigenvalue weighted by atomic mass is 16.5. The number of rotatable bonds is 11. The van der Waals surface area contributed by atoms with Crippen molar-refractivity contribution in [3.63, 3.8) is 0 Å². The van der Waals surface area contributed by atoms with E-state index in [4.69, 9.17) is 0 Å². The van der Waals surface area contributed by atoms with Crippen molar-refractivity contribution < 1.29 is 19.4 Å². The summed E-state index contributed by atoms with van der Waals surface area (Å²) in [6.45, 7) is 2.20. The highest BCUT2D eigenvalue weighted by Gasteiger charge is 2.43. The van der Waals surface area contributed by atoms with Crippen LogP contribution in [0, 0.1) is 11.3 Å². The van der Waals surface area contributed by atoms with Gasteiger partial charge in [0, 0.05) is 24.2 Å². The van der Waals surface area contributed by atoms with Gasteiger partial charge in [-0.1, -0.05) is 56.2 Å². The summed E-state index contributed by atoms with van der Waals surface area (Å²) in [4.78, 5) is 23.8. The van der Waals surface area contributed by atoms with Gasteiger partial charge in [0.2, 0.25) is 0 Å². The van der Waals surface area contributed by atoms with E-state index in [1.807, 2.05) is 0 Å². The van der Waals surface area contributed by atoms with E-state index in [1.165, 1.54) is 19.1 Å². The second-order valence-electron chi connectivity index (χ2n) is 9.43. The molecule has 0 aromatic heterocycles. The fraction of sp³-hybridized carbons (Fsp3) is 0.630. The molecule has 2 saturated carbocycles. The Morgan fingerprint density at radius 2 is 2.13 bits per heavy atom. The third kappa shape index (κ3) is 5.65. The Kier molecular flexibility index (Phi) is 8.48. The molecule has 4 nitrogen and oxygen atoms in total. The Hall–Kier alpha value is -1.94. The van der Waals surface area contributed by atoms with Gasteiger partial charge in [-0.3, -0.25) is 9.59 Å². The van der Waals surface area contributed by atoms with Crippen LogP contribution in [-0.4, -0.2) is 24.0 Å². The van der Waals surface area contributed by atoms with Crippen molar-refractivity contribution in [3.05, 3.63) is 47.5 Å². The predicted molar refractivity (Wildman–Crippen MR) is 123 cm³/mol. The van der Waals surface area contributed by atoms with Crippen molar-refractivity contribution in [2.45, 2.75) is 89.6 Å². The van der Waals surface area contributed by atoms with Crippen molar-refractivity contribution in [2.24, 2.45) is 11.3 Å². The topological polar surface area (TPSA) is 63.6 Å². The third-order valence-corrected chi connectivity index (χ3v) is 7.47. The number of unbranched alkanes of at least 4 members (excludes halogenated alkanes) is 1. The van der Waals surface area contributed by atoms with Crippen LogP contribution in [0.1, 0.15) is 101 Å². The summed E-state index contributed by atoms with van der Waals surface area (Å²) in [5, 5.41) is 11.2. The summed E-state index contributed by atoms with van der Waals surface area (Å²) in [6.07, 6.45) is 13.7. The van der Waals surface area contributed by atoms with Crippen LogP contribution >= 0.6 is 0 Å². The fourth-order valence-electron chi connectivity index (χ4n) is 5.53. The largest absolute Gasteiger partial charge is 0.469 e. The molecule has 1 unspecified atom stereocenters. The first-order chi connectivity index (χ1) is 15.0. The molecular weight excluding hydrogens is 388 g/mol. The number of carbonyl (C=O) groups is 2. The van der Waals surface area contributed by atoms with E-state index in [2.05, 4.69) is 48.1 Å². The number of carbonyl (C=O) groups excluding carboxylic acids is 2. The van der Waals surface area contributed by atoms with Gasteiger partial charge >= 0.3 is 5.97 Å². The first-order valence-corrected chi connectivity index (χ1v) is 12.0. The average Bonchev–Trinajstić information content (AvgIpc) is 3.13. The number of aliphatic hydroxyl groups is 1. The number of esters is 1. The summed E-state index contributed by atoms with van der Waals surface area (Å²) in [7, 11) is 1.41. The summed E-state index contributed by atoms with van der Waals surface area (Å²) in [5.74, 6) is 0.404. The Morgan fingerprint density at radius 1 is 1.32 bits per heavy atom. The number of allylic oxidation sites excluding steroid dienone is 2. The molecule has 1 N–H and O–H groups in total. The highest BCUT2D eigenvalue weighted by molar-refractivity contribution is 5.84. The van der Waals surface area contributed by atoms with Gasteiger partial charge in [-0.15, -0.1) is 0 Å². The number of ketones is 1. The van der Waals surface area contributed by atoms with E-state index in [0.29, 0.717) is 18.6 Å². The molecule has 3 atom stereocenters. The number of methoxy groups -OCH3 is 1. The lowest BCUT2D eigenvalue weighted by Gasteiger charge is -2.46. The number of ether oxygens (including phenoxy) is 1. The Bertz CT molecular complexity index is 777. The second kappa shape index (κ2) is 11.1. The van der Waals surface area contributed by atoms with E-state index >= 15 is 0 Å². The van der Waals surface area contributed by atoms with Gasteiger partial charge in [0.25, 0.3) is 0 Å². The molecule has 0 radical (unpaired) electrons. The van der Waals surface area contributed by atoms with Crippen molar-refractivity contribution in [2.75, 3.05) is 7.11 Å². The molecule has 2 aliphatic rings. The Morgan fingerprint density at radius 3 is 2.81 bits per heavy atom. The first-order valence-electron chi connectivity index (χ1n) is 12.0. The fourth-order valence-corrected chi connectivity index (χ4v) is 5.53. The van der Waals surface area contributed by atoms with Gasteiger partial charge in [0.15, 0.2) is 0 Å². The van der Waals surface area contributed by atoms with Crippen LogP contribution in [-0.2, 0) is 14.3 Å². The molecule has 0 saturated heterocycles. The van der Waals surface area contributed by atoms with Crippen LogP contribution in [0.15, 0.2) is 36.4 Å². The molecule has 31 heavy (non-hydrogen) atoms. The van der Waals surface area contributed by atoms with E-state index in [1.54, 1.807) is 0 Å². The second-order valence-corrected chi connectivity index (χ2v) is 9.43. The predicted octanol–water partition coefficient (Wildman–Crippen LogP) is 6.04. The normalized spacial score (nSPS) is 23.6. The van der Waals surface area contributed by atoms with Gasteiger partial charge in [-0.2, -0.15) is 0 Å². The van der Waals surface area contributed by atoms with Crippen LogP contribution in [0.5, 0.6) is 0 Å². The minimum Gasteiger partial charge on any atom is -0.469 e. The van der Waals surface area contributed by atoms with Crippen LogP contribution in [0.3, 0.4) is 0 Å². The number of hydrogen-bond donors (Lipinski definition) is 1. The van der Waals surface area contributed by atoms with Crippen LogP contribution in [0.25, 0.3) is 0 Å². The quantitative estimate of drug-likeness (QED) is 0.266. The molecule has 1 aromatic carbocycles. The average molecular weight is 427 g/mol. The molecule has 0 spiro atoms. The third-order valence-electron chi connectivity index (χ3n) is 7.47. The van der Waals surface area contributed by atoms with Crippen molar-refractivity contribution >= 4 is 11.8 Å². The SMILES string of the molecule is CCCC1(C(O)c2cccc([C@H]3CCC(=O)[C@@H]3C/C=C\CCCC(=O)OC)c2)CCC1. The Labute approximate surface area is 187 Å². The summed E-state index contributed by atoms with van der Waals surface area (Å²) in [5.41, 5.74) is 2.25. The van der Waals surface area contributed by atoms with Gasteiger partial charge in [-0.25, -0.2) is 0 Å². The zero-order valence-electron chi connectivity index (χ0n) is 19.1. The zero-order valence-corrected chi connectivity index (χ0v) is 19.1. The maximum atomic E-state index is 12.6. The smallest absolute Gasteiger partial charge is 0.305 e. The molecule has 0 aliphatic heterocycles. The first kappa shape index (κ1) is 23.7. The summed E-state index contributed by atoms with van der Waals surface area (Å²) < 4.78 is 4.66. The number of hydrogen-bond acceptors (Lipinski definition) is 4. The van der Waals surface area contributed by atoms with Gasteiger partial charge in [0.1, 0.15) is 5.78 Å². The molecule has 4 heteroatoms. The minimum absolute atomic E-state index is 0.0116. The summed E-state index contributed by atoms with van der Waals surface area (Å²) in [6, 6.07) is 8.39. The monoisotopic (exact) mass is 426 g/mol.